The minimum Gasteiger partial charge on any atom is -0.356 e. The van der Waals surface area contributed by atoms with Gasteiger partial charge < -0.3 is 10.2 Å². The lowest BCUT2D eigenvalue weighted by molar-refractivity contribution is 0.476. The SMILES string of the molecule is CN=C(NCCc1cnn(C)c1)N(C)Cc1ccccc1Br.I. The van der Waals surface area contributed by atoms with E-state index in [9.17, 15) is 0 Å². The molecule has 0 atom stereocenters. The van der Waals surface area contributed by atoms with Crippen LogP contribution in [0.15, 0.2) is 46.1 Å². The Kier molecular flexibility index (Phi) is 8.60. The molecule has 0 saturated carbocycles. The van der Waals surface area contributed by atoms with Crippen LogP contribution in [-0.2, 0) is 20.0 Å². The van der Waals surface area contributed by atoms with Gasteiger partial charge in [0.25, 0.3) is 0 Å². The highest BCUT2D eigenvalue weighted by atomic mass is 127. The van der Waals surface area contributed by atoms with Crippen molar-refractivity contribution in [2.75, 3.05) is 20.6 Å². The maximum atomic E-state index is 4.35. The van der Waals surface area contributed by atoms with E-state index >= 15 is 0 Å². The Labute approximate surface area is 163 Å². The lowest BCUT2D eigenvalue weighted by Gasteiger charge is -2.22. The fourth-order valence-corrected chi connectivity index (χ4v) is 2.67. The van der Waals surface area contributed by atoms with Crippen LogP contribution in [0.1, 0.15) is 11.1 Å². The number of hydrogen-bond acceptors (Lipinski definition) is 2. The molecule has 0 saturated heterocycles. The van der Waals surface area contributed by atoms with Gasteiger partial charge in [0.1, 0.15) is 0 Å². The first kappa shape index (κ1) is 20.0. The number of benzene rings is 1. The van der Waals surface area contributed by atoms with Gasteiger partial charge in [0.2, 0.25) is 0 Å². The second kappa shape index (κ2) is 9.92. The van der Waals surface area contributed by atoms with E-state index in [2.05, 4.69) is 48.4 Å². The van der Waals surface area contributed by atoms with Crippen LogP contribution in [0, 0.1) is 0 Å². The van der Waals surface area contributed by atoms with Gasteiger partial charge in [-0.25, -0.2) is 0 Å². The number of aryl methyl sites for hydroxylation is 1. The molecule has 0 fully saturated rings. The lowest BCUT2D eigenvalue weighted by Crippen LogP contribution is -2.39. The van der Waals surface area contributed by atoms with E-state index in [-0.39, 0.29) is 24.0 Å². The molecule has 1 aromatic heterocycles. The molecule has 0 aliphatic heterocycles. The van der Waals surface area contributed by atoms with E-state index in [1.807, 2.05) is 50.4 Å². The van der Waals surface area contributed by atoms with E-state index in [4.69, 9.17) is 0 Å². The van der Waals surface area contributed by atoms with Crippen molar-refractivity contribution in [2.24, 2.45) is 12.0 Å². The van der Waals surface area contributed by atoms with E-state index < -0.39 is 0 Å². The minimum absolute atomic E-state index is 0. The first-order valence-electron chi connectivity index (χ1n) is 7.23. The van der Waals surface area contributed by atoms with Crippen LogP contribution >= 0.6 is 39.9 Å². The molecule has 0 spiro atoms. The van der Waals surface area contributed by atoms with Crippen molar-refractivity contribution in [3.8, 4) is 0 Å². The lowest BCUT2D eigenvalue weighted by atomic mass is 10.2. The van der Waals surface area contributed by atoms with Crippen LogP contribution < -0.4 is 5.32 Å². The van der Waals surface area contributed by atoms with Crippen LogP contribution in [0.2, 0.25) is 0 Å². The van der Waals surface area contributed by atoms with Gasteiger partial charge >= 0.3 is 0 Å². The van der Waals surface area contributed by atoms with Crippen molar-refractivity contribution in [3.05, 3.63) is 52.3 Å². The summed E-state index contributed by atoms with van der Waals surface area (Å²) < 4.78 is 2.94. The highest BCUT2D eigenvalue weighted by Gasteiger charge is 2.08. The van der Waals surface area contributed by atoms with Gasteiger partial charge in [0.05, 0.1) is 6.20 Å². The standard InChI is InChI=1S/C16H22BrN5.HI/c1-18-16(19-9-8-13-10-20-22(3)11-13)21(2)12-14-6-4-5-7-15(14)17;/h4-7,10-11H,8-9,12H2,1-3H3,(H,18,19);1H. The maximum absolute atomic E-state index is 4.35. The summed E-state index contributed by atoms with van der Waals surface area (Å²) in [7, 11) is 5.78. The third-order valence-electron chi connectivity index (χ3n) is 3.39. The molecular formula is C16H23BrIN5. The van der Waals surface area contributed by atoms with E-state index in [1.54, 1.807) is 0 Å². The number of aromatic nitrogens is 2. The highest BCUT2D eigenvalue weighted by molar-refractivity contribution is 14.0. The molecular weight excluding hydrogens is 469 g/mol. The molecule has 0 bridgehead atoms. The van der Waals surface area contributed by atoms with Crippen molar-refractivity contribution in [2.45, 2.75) is 13.0 Å². The largest absolute Gasteiger partial charge is 0.356 e. The number of hydrogen-bond donors (Lipinski definition) is 1. The van der Waals surface area contributed by atoms with E-state index in [0.29, 0.717) is 0 Å². The maximum Gasteiger partial charge on any atom is 0.193 e. The zero-order valence-electron chi connectivity index (χ0n) is 13.7. The summed E-state index contributed by atoms with van der Waals surface area (Å²) >= 11 is 3.59. The molecule has 0 radical (unpaired) electrons. The normalized spacial score (nSPS) is 11.0. The molecule has 0 aliphatic rings. The Morgan fingerprint density at radius 3 is 2.74 bits per heavy atom. The fraction of sp³-hybridized carbons (Fsp3) is 0.375. The summed E-state index contributed by atoms with van der Waals surface area (Å²) in [6.07, 6.45) is 4.86. The zero-order valence-corrected chi connectivity index (χ0v) is 17.6. The topological polar surface area (TPSA) is 45.5 Å². The van der Waals surface area contributed by atoms with Gasteiger partial charge in [0.15, 0.2) is 5.96 Å². The second-order valence-electron chi connectivity index (χ2n) is 5.19. The van der Waals surface area contributed by atoms with Crippen molar-refractivity contribution in [1.29, 1.82) is 0 Å². The number of nitrogens with zero attached hydrogens (tertiary/aromatic N) is 4. The molecule has 5 nitrogen and oxygen atoms in total. The summed E-state index contributed by atoms with van der Waals surface area (Å²) in [5.41, 5.74) is 2.46. The third kappa shape index (κ3) is 6.14. The zero-order chi connectivity index (χ0) is 15.9. The Morgan fingerprint density at radius 2 is 2.13 bits per heavy atom. The predicted molar refractivity (Wildman–Crippen MR) is 109 cm³/mol. The average Bonchev–Trinajstić information content (AvgIpc) is 2.91. The third-order valence-corrected chi connectivity index (χ3v) is 4.17. The molecule has 1 heterocycles. The molecule has 1 N–H and O–H groups in total. The number of rotatable bonds is 5. The van der Waals surface area contributed by atoms with Crippen molar-refractivity contribution >= 4 is 45.9 Å². The average molecular weight is 492 g/mol. The van der Waals surface area contributed by atoms with Gasteiger partial charge in [-0.1, -0.05) is 34.1 Å². The molecule has 7 heteroatoms. The quantitative estimate of drug-likeness (QED) is 0.397. The van der Waals surface area contributed by atoms with Crippen LogP contribution in [0.3, 0.4) is 0 Å². The van der Waals surface area contributed by atoms with Gasteiger partial charge in [-0.15, -0.1) is 24.0 Å². The fourth-order valence-electron chi connectivity index (χ4n) is 2.26. The molecule has 0 amide bonds. The smallest absolute Gasteiger partial charge is 0.193 e. The number of aliphatic imine (C=N–C) groups is 1. The van der Waals surface area contributed by atoms with E-state index in [0.717, 1.165) is 29.9 Å². The van der Waals surface area contributed by atoms with Gasteiger partial charge in [0, 0.05) is 44.9 Å². The summed E-state index contributed by atoms with van der Waals surface area (Å²) in [5.74, 6) is 0.889. The molecule has 0 aliphatic carbocycles. The number of guanidine groups is 1. The van der Waals surface area contributed by atoms with Crippen LogP contribution in [0.4, 0.5) is 0 Å². The molecule has 2 rings (SSSR count). The van der Waals surface area contributed by atoms with Crippen LogP contribution in [-0.4, -0.2) is 41.3 Å². The minimum atomic E-state index is 0. The first-order valence-corrected chi connectivity index (χ1v) is 8.02. The van der Waals surface area contributed by atoms with Crippen molar-refractivity contribution in [3.63, 3.8) is 0 Å². The summed E-state index contributed by atoms with van der Waals surface area (Å²) in [6.45, 7) is 1.63. The highest BCUT2D eigenvalue weighted by Crippen LogP contribution is 2.17. The molecule has 23 heavy (non-hydrogen) atoms. The van der Waals surface area contributed by atoms with Crippen molar-refractivity contribution in [1.82, 2.24) is 20.0 Å². The second-order valence-corrected chi connectivity index (χ2v) is 6.05. The Balaban J connectivity index is 0.00000264. The van der Waals surface area contributed by atoms with Gasteiger partial charge in [-0.3, -0.25) is 9.67 Å². The molecule has 0 unspecified atom stereocenters. The summed E-state index contributed by atoms with van der Waals surface area (Å²) in [5, 5.41) is 7.57. The first-order chi connectivity index (χ1) is 10.6. The predicted octanol–water partition coefficient (Wildman–Crippen LogP) is 3.05. The number of halogens is 2. The van der Waals surface area contributed by atoms with Gasteiger partial charge in [-0.2, -0.15) is 5.10 Å². The molecule has 1 aromatic carbocycles. The number of nitrogens with one attached hydrogen (secondary N) is 1. The molecule has 126 valence electrons. The van der Waals surface area contributed by atoms with E-state index in [1.165, 1.54) is 11.1 Å². The molecule has 2 aromatic rings. The monoisotopic (exact) mass is 491 g/mol. The van der Waals surface area contributed by atoms with Crippen LogP contribution in [0.25, 0.3) is 0 Å². The summed E-state index contributed by atoms with van der Waals surface area (Å²) in [4.78, 5) is 6.46. The van der Waals surface area contributed by atoms with Gasteiger partial charge in [-0.05, 0) is 23.6 Å². The Hall–Kier alpha value is -1.09. The van der Waals surface area contributed by atoms with Crippen LogP contribution in [0.5, 0.6) is 0 Å². The Morgan fingerprint density at radius 1 is 1.39 bits per heavy atom. The summed E-state index contributed by atoms with van der Waals surface area (Å²) in [6, 6.07) is 8.24. The Bertz CT molecular complexity index is 641. The van der Waals surface area contributed by atoms with Crippen molar-refractivity contribution < 1.29 is 0 Å².